The molecule has 0 radical (unpaired) electrons. The molecule has 0 heterocycles. The molecular formula is C30H36N2O3. The Morgan fingerprint density at radius 1 is 0.943 bits per heavy atom. The van der Waals surface area contributed by atoms with Crippen LogP contribution in [0.3, 0.4) is 0 Å². The molecule has 0 saturated heterocycles. The number of benzene rings is 3. The minimum absolute atomic E-state index is 0.136. The van der Waals surface area contributed by atoms with Gasteiger partial charge in [0.2, 0.25) is 5.91 Å². The number of rotatable bonds is 12. The maximum Gasteiger partial charge on any atom is 0.261 e. The Balaban J connectivity index is 1.89. The summed E-state index contributed by atoms with van der Waals surface area (Å²) in [5.41, 5.74) is 4.15. The van der Waals surface area contributed by atoms with Crippen LogP contribution < -0.4 is 10.1 Å². The maximum atomic E-state index is 13.6. The number of hydrogen-bond donors (Lipinski definition) is 1. The lowest BCUT2D eigenvalue weighted by Crippen LogP contribution is -2.52. The van der Waals surface area contributed by atoms with Crippen LogP contribution in [-0.2, 0) is 22.6 Å². The molecule has 35 heavy (non-hydrogen) atoms. The summed E-state index contributed by atoms with van der Waals surface area (Å²) in [4.78, 5) is 28.7. The molecule has 3 aromatic rings. The molecule has 3 aromatic carbocycles. The van der Waals surface area contributed by atoms with Crippen LogP contribution >= 0.6 is 0 Å². The van der Waals surface area contributed by atoms with E-state index in [-0.39, 0.29) is 18.4 Å². The molecule has 184 valence electrons. The Kier molecular flexibility index (Phi) is 9.91. The highest BCUT2D eigenvalue weighted by Gasteiger charge is 2.30. The largest absolute Gasteiger partial charge is 0.484 e. The zero-order valence-electron chi connectivity index (χ0n) is 21.0. The van der Waals surface area contributed by atoms with Gasteiger partial charge in [-0.15, -0.1) is 0 Å². The second-order valence-corrected chi connectivity index (χ2v) is 8.90. The average molecular weight is 473 g/mol. The van der Waals surface area contributed by atoms with Crippen molar-refractivity contribution in [3.63, 3.8) is 0 Å². The summed E-state index contributed by atoms with van der Waals surface area (Å²) in [6, 6.07) is 24.8. The van der Waals surface area contributed by atoms with E-state index in [0.29, 0.717) is 25.3 Å². The second kappa shape index (κ2) is 13.3. The van der Waals surface area contributed by atoms with Crippen molar-refractivity contribution in [1.29, 1.82) is 0 Å². The lowest BCUT2D eigenvalue weighted by molar-refractivity contribution is -0.142. The van der Waals surface area contributed by atoms with Crippen molar-refractivity contribution >= 4 is 11.8 Å². The molecule has 2 amide bonds. The number of aryl methyl sites for hydroxylation is 2. The van der Waals surface area contributed by atoms with Crippen molar-refractivity contribution < 1.29 is 14.3 Å². The van der Waals surface area contributed by atoms with E-state index in [1.54, 1.807) is 4.90 Å². The molecule has 0 aliphatic rings. The molecule has 0 fully saturated rings. The normalized spacial score (nSPS) is 11.5. The fraction of sp³-hybridized carbons (Fsp3) is 0.333. The van der Waals surface area contributed by atoms with Gasteiger partial charge in [-0.1, -0.05) is 80.1 Å². The highest BCUT2D eigenvalue weighted by molar-refractivity contribution is 5.88. The molecule has 3 rings (SSSR count). The third-order valence-corrected chi connectivity index (χ3v) is 6.05. The molecule has 1 atom stereocenters. The number of nitrogens with zero attached hydrogens (tertiary/aromatic N) is 1. The van der Waals surface area contributed by atoms with E-state index in [2.05, 4.69) is 12.2 Å². The number of ether oxygens (including phenoxy) is 1. The maximum absolute atomic E-state index is 13.6. The Bertz CT molecular complexity index is 1100. The Morgan fingerprint density at radius 2 is 1.69 bits per heavy atom. The molecule has 5 nitrogen and oxygen atoms in total. The summed E-state index contributed by atoms with van der Waals surface area (Å²) in [5, 5.41) is 3.05. The molecule has 0 spiro atoms. The first-order chi connectivity index (χ1) is 17.0. The zero-order valence-corrected chi connectivity index (χ0v) is 21.0. The number of unbranched alkanes of at least 4 members (excludes halogenated alkanes) is 1. The van der Waals surface area contributed by atoms with Crippen LogP contribution in [0.4, 0.5) is 0 Å². The molecule has 0 bridgehead atoms. The van der Waals surface area contributed by atoms with Crippen molar-refractivity contribution in [2.24, 2.45) is 0 Å². The van der Waals surface area contributed by atoms with Crippen molar-refractivity contribution in [1.82, 2.24) is 10.2 Å². The summed E-state index contributed by atoms with van der Waals surface area (Å²) >= 11 is 0. The van der Waals surface area contributed by atoms with Gasteiger partial charge < -0.3 is 15.0 Å². The van der Waals surface area contributed by atoms with Gasteiger partial charge in [-0.05, 0) is 54.7 Å². The molecule has 0 aliphatic heterocycles. The van der Waals surface area contributed by atoms with Gasteiger partial charge in [0.1, 0.15) is 11.8 Å². The van der Waals surface area contributed by atoms with Crippen LogP contribution in [0.15, 0.2) is 78.9 Å². The van der Waals surface area contributed by atoms with Gasteiger partial charge in [-0.3, -0.25) is 9.59 Å². The first kappa shape index (κ1) is 26.0. The van der Waals surface area contributed by atoms with E-state index >= 15 is 0 Å². The van der Waals surface area contributed by atoms with Gasteiger partial charge in [0.15, 0.2) is 6.61 Å². The summed E-state index contributed by atoms with van der Waals surface area (Å²) in [5.74, 6) is 0.280. The summed E-state index contributed by atoms with van der Waals surface area (Å²) in [7, 11) is 0. The lowest BCUT2D eigenvalue weighted by Gasteiger charge is -2.32. The smallest absolute Gasteiger partial charge is 0.261 e. The molecule has 0 unspecified atom stereocenters. The SMILES string of the molecule is CCCCNC(=O)[C@@H](Cc1ccccc1)N(Cc1ccccc1C)C(=O)COc1cccc(C)c1. The predicted molar refractivity (Wildman–Crippen MR) is 140 cm³/mol. The van der Waals surface area contributed by atoms with Crippen LogP contribution in [0.1, 0.15) is 42.0 Å². The van der Waals surface area contributed by atoms with Crippen LogP contribution in [0.25, 0.3) is 0 Å². The Morgan fingerprint density at radius 3 is 2.40 bits per heavy atom. The van der Waals surface area contributed by atoms with Crippen LogP contribution in [0.2, 0.25) is 0 Å². The molecule has 5 heteroatoms. The third kappa shape index (κ3) is 7.99. The number of hydrogen-bond acceptors (Lipinski definition) is 3. The van der Waals surface area contributed by atoms with Gasteiger partial charge >= 0.3 is 0 Å². The average Bonchev–Trinajstić information content (AvgIpc) is 2.86. The summed E-state index contributed by atoms with van der Waals surface area (Å²) in [6.45, 7) is 6.88. The summed E-state index contributed by atoms with van der Waals surface area (Å²) in [6.07, 6.45) is 2.31. The van der Waals surface area contributed by atoms with E-state index in [0.717, 1.165) is 35.1 Å². The second-order valence-electron chi connectivity index (χ2n) is 8.90. The van der Waals surface area contributed by atoms with E-state index in [4.69, 9.17) is 4.74 Å². The fourth-order valence-electron chi connectivity index (χ4n) is 3.96. The van der Waals surface area contributed by atoms with E-state index < -0.39 is 6.04 Å². The van der Waals surface area contributed by atoms with Gasteiger partial charge in [-0.25, -0.2) is 0 Å². The molecule has 0 saturated carbocycles. The molecule has 0 aliphatic carbocycles. The number of carbonyl (C=O) groups excluding carboxylic acids is 2. The third-order valence-electron chi connectivity index (χ3n) is 6.05. The number of carbonyl (C=O) groups is 2. The van der Waals surface area contributed by atoms with Gasteiger partial charge in [0.05, 0.1) is 0 Å². The lowest BCUT2D eigenvalue weighted by atomic mass is 10.0. The number of nitrogens with one attached hydrogen (secondary N) is 1. The van der Waals surface area contributed by atoms with Gasteiger partial charge in [0.25, 0.3) is 5.91 Å². The van der Waals surface area contributed by atoms with Gasteiger partial charge in [0, 0.05) is 19.5 Å². The van der Waals surface area contributed by atoms with E-state index in [1.165, 1.54) is 0 Å². The first-order valence-electron chi connectivity index (χ1n) is 12.3. The van der Waals surface area contributed by atoms with E-state index in [9.17, 15) is 9.59 Å². The highest BCUT2D eigenvalue weighted by Crippen LogP contribution is 2.18. The van der Waals surface area contributed by atoms with Crippen LogP contribution in [0, 0.1) is 13.8 Å². The molecular weight excluding hydrogens is 436 g/mol. The minimum atomic E-state index is -0.650. The number of amides is 2. The van der Waals surface area contributed by atoms with Crippen molar-refractivity contribution in [3.8, 4) is 5.75 Å². The standard InChI is InChI=1S/C30H36N2O3/c1-4-5-18-31-30(34)28(20-25-14-7-6-8-15-25)32(21-26-16-10-9-13-24(26)3)29(33)22-35-27-17-11-12-23(2)19-27/h6-17,19,28H,4-5,18,20-22H2,1-3H3,(H,31,34)/t28-/m1/s1. The first-order valence-corrected chi connectivity index (χ1v) is 12.3. The van der Waals surface area contributed by atoms with Crippen LogP contribution in [0.5, 0.6) is 5.75 Å². The predicted octanol–water partition coefficient (Wildman–Crippen LogP) is 5.24. The van der Waals surface area contributed by atoms with Crippen molar-refractivity contribution in [2.45, 2.75) is 52.6 Å². The highest BCUT2D eigenvalue weighted by atomic mass is 16.5. The van der Waals surface area contributed by atoms with Crippen LogP contribution in [-0.4, -0.2) is 35.9 Å². The fourth-order valence-corrected chi connectivity index (χ4v) is 3.96. The quantitative estimate of drug-likeness (QED) is 0.367. The van der Waals surface area contributed by atoms with Gasteiger partial charge in [-0.2, -0.15) is 0 Å². The van der Waals surface area contributed by atoms with Crippen molar-refractivity contribution in [2.75, 3.05) is 13.2 Å². The topological polar surface area (TPSA) is 58.6 Å². The zero-order chi connectivity index (χ0) is 25.0. The summed E-state index contributed by atoms with van der Waals surface area (Å²) < 4.78 is 5.85. The Hall–Kier alpha value is -3.60. The minimum Gasteiger partial charge on any atom is -0.484 e. The monoisotopic (exact) mass is 472 g/mol. The Labute approximate surface area is 209 Å². The van der Waals surface area contributed by atoms with Crippen molar-refractivity contribution in [3.05, 3.63) is 101 Å². The molecule has 1 N–H and O–H groups in total. The molecule has 0 aromatic heterocycles. The van der Waals surface area contributed by atoms with E-state index in [1.807, 2.05) is 92.7 Å².